The van der Waals surface area contributed by atoms with E-state index in [1.165, 1.54) is 36.4 Å². The zero-order valence-electron chi connectivity index (χ0n) is 27.6. The first-order chi connectivity index (χ1) is 23.4. The SMILES string of the molecule is CCCc1nn(-c2cc(NC(=O)C3CC3)ccc2C(F)(F)F)c(=O)n1Cc1ccc(-c2ccccc2S(=O)(=O)NC(=O)OC(C)(C)C)cc1F. The van der Waals surface area contributed by atoms with E-state index in [-0.39, 0.29) is 51.3 Å². The predicted molar refractivity (Wildman–Crippen MR) is 176 cm³/mol. The quantitative estimate of drug-likeness (QED) is 0.180. The van der Waals surface area contributed by atoms with E-state index >= 15 is 4.39 Å². The number of alkyl halides is 3. The largest absolute Gasteiger partial charge is 0.443 e. The van der Waals surface area contributed by atoms with Gasteiger partial charge in [-0.25, -0.2) is 27.1 Å². The van der Waals surface area contributed by atoms with Crippen LogP contribution in [0.2, 0.25) is 0 Å². The summed E-state index contributed by atoms with van der Waals surface area (Å²) >= 11 is 0. The van der Waals surface area contributed by atoms with Gasteiger partial charge in [0.1, 0.15) is 17.2 Å². The highest BCUT2D eigenvalue weighted by Gasteiger charge is 2.36. The van der Waals surface area contributed by atoms with Crippen molar-refractivity contribution in [2.24, 2.45) is 5.92 Å². The van der Waals surface area contributed by atoms with Crippen molar-refractivity contribution >= 4 is 27.7 Å². The van der Waals surface area contributed by atoms with Gasteiger partial charge in [-0.2, -0.15) is 17.9 Å². The Morgan fingerprint density at radius 3 is 2.34 bits per heavy atom. The first-order valence-electron chi connectivity index (χ1n) is 15.7. The minimum absolute atomic E-state index is 0.0264. The molecule has 2 amide bonds. The lowest BCUT2D eigenvalue weighted by molar-refractivity contribution is -0.137. The molecule has 11 nitrogen and oxygen atoms in total. The fourth-order valence-corrected chi connectivity index (χ4v) is 6.30. The number of hydrogen-bond donors (Lipinski definition) is 2. The molecule has 1 aromatic heterocycles. The maximum atomic E-state index is 15.7. The van der Waals surface area contributed by atoms with Crippen molar-refractivity contribution in [1.82, 2.24) is 19.1 Å². The first-order valence-corrected chi connectivity index (χ1v) is 17.2. The molecule has 1 fully saturated rings. The summed E-state index contributed by atoms with van der Waals surface area (Å²) in [6.45, 7) is 6.07. The summed E-state index contributed by atoms with van der Waals surface area (Å²) < 4.78 is 92.9. The number of carbonyl (C=O) groups is 2. The van der Waals surface area contributed by atoms with Gasteiger partial charge in [-0.3, -0.25) is 9.36 Å². The van der Waals surface area contributed by atoms with Crippen molar-refractivity contribution in [3.8, 4) is 16.8 Å². The fourth-order valence-electron chi connectivity index (χ4n) is 5.19. The number of halogens is 4. The van der Waals surface area contributed by atoms with Gasteiger partial charge in [0.15, 0.2) is 0 Å². The molecule has 50 heavy (non-hydrogen) atoms. The molecule has 16 heteroatoms. The zero-order valence-corrected chi connectivity index (χ0v) is 28.4. The number of amides is 2. The highest BCUT2D eigenvalue weighted by molar-refractivity contribution is 7.90. The van der Waals surface area contributed by atoms with Gasteiger partial charge in [-0.1, -0.05) is 37.3 Å². The maximum Gasteiger partial charge on any atom is 0.421 e. The molecule has 1 aliphatic rings. The Labute approximate surface area is 285 Å². The van der Waals surface area contributed by atoms with Crippen LogP contribution in [0, 0.1) is 11.7 Å². The second-order valence-electron chi connectivity index (χ2n) is 12.8. The third-order valence-electron chi connectivity index (χ3n) is 7.65. The van der Waals surface area contributed by atoms with Crippen LogP contribution in [0.15, 0.2) is 70.4 Å². The van der Waals surface area contributed by atoms with E-state index in [1.807, 2.05) is 4.72 Å². The summed E-state index contributed by atoms with van der Waals surface area (Å²) in [5.74, 6) is -1.28. The molecule has 5 rings (SSSR count). The maximum absolute atomic E-state index is 15.7. The molecule has 0 radical (unpaired) electrons. The van der Waals surface area contributed by atoms with Crippen LogP contribution in [-0.4, -0.2) is 40.4 Å². The molecule has 0 spiro atoms. The van der Waals surface area contributed by atoms with Gasteiger partial charge >= 0.3 is 18.0 Å². The van der Waals surface area contributed by atoms with E-state index in [9.17, 15) is 36.0 Å². The average Bonchev–Trinajstić information content (AvgIpc) is 3.82. The van der Waals surface area contributed by atoms with Crippen LogP contribution >= 0.6 is 0 Å². The Balaban J connectivity index is 1.49. The van der Waals surface area contributed by atoms with E-state index in [0.717, 1.165) is 28.8 Å². The molecule has 0 unspecified atom stereocenters. The second-order valence-corrected chi connectivity index (χ2v) is 14.5. The Hall–Kier alpha value is -4.99. The topological polar surface area (TPSA) is 141 Å². The van der Waals surface area contributed by atoms with Gasteiger partial charge in [-0.15, -0.1) is 5.10 Å². The van der Waals surface area contributed by atoms with Crippen molar-refractivity contribution in [3.05, 3.63) is 93.9 Å². The highest BCUT2D eigenvalue weighted by Crippen LogP contribution is 2.36. The number of hydrogen-bond acceptors (Lipinski definition) is 7. The molecule has 1 aliphatic carbocycles. The van der Waals surface area contributed by atoms with Gasteiger partial charge in [-0.05, 0) is 75.9 Å². The molecule has 0 bridgehead atoms. The second kappa shape index (κ2) is 13.7. The van der Waals surface area contributed by atoms with Crippen molar-refractivity contribution in [2.75, 3.05) is 5.32 Å². The molecule has 0 saturated heterocycles. The minimum atomic E-state index is -4.86. The minimum Gasteiger partial charge on any atom is -0.443 e. The van der Waals surface area contributed by atoms with Crippen LogP contribution in [0.5, 0.6) is 0 Å². The van der Waals surface area contributed by atoms with Gasteiger partial charge in [0.25, 0.3) is 10.0 Å². The highest BCUT2D eigenvalue weighted by atomic mass is 32.2. The normalized spacial score (nSPS) is 13.6. The number of nitrogens with one attached hydrogen (secondary N) is 2. The lowest BCUT2D eigenvalue weighted by Gasteiger charge is -2.20. The van der Waals surface area contributed by atoms with E-state index in [1.54, 1.807) is 27.7 Å². The van der Waals surface area contributed by atoms with Crippen LogP contribution in [0.3, 0.4) is 0 Å². The van der Waals surface area contributed by atoms with Gasteiger partial charge in [0.05, 0.1) is 22.7 Å². The molecular formula is C34H35F4N5O6S. The van der Waals surface area contributed by atoms with E-state index in [0.29, 0.717) is 23.9 Å². The Morgan fingerprint density at radius 1 is 1.02 bits per heavy atom. The van der Waals surface area contributed by atoms with Crippen molar-refractivity contribution in [2.45, 2.75) is 76.6 Å². The Kier molecular flexibility index (Phi) is 9.96. The molecule has 2 N–H and O–H groups in total. The van der Waals surface area contributed by atoms with E-state index in [2.05, 4.69) is 10.4 Å². The van der Waals surface area contributed by atoms with Crippen LogP contribution < -0.4 is 15.7 Å². The molecule has 1 saturated carbocycles. The monoisotopic (exact) mass is 717 g/mol. The standard InChI is InChI=1S/C34H35F4N5O6S/c1-5-8-29-40-43(27-18-23(39-30(44)20-11-12-20)15-16-25(27)34(36,37)38)32(46)42(29)19-22-14-13-21(17-26(22)35)24-9-6-7-10-28(24)50(47,48)41-31(45)49-33(2,3)4/h6-7,9-10,13-18,20H,5,8,11-12,19H2,1-4H3,(H,39,44)(H,41,45). The number of carbonyl (C=O) groups excluding carboxylic acids is 2. The van der Waals surface area contributed by atoms with Crippen molar-refractivity contribution < 1.29 is 40.3 Å². The Morgan fingerprint density at radius 2 is 1.72 bits per heavy atom. The molecule has 4 aromatic rings. The number of benzene rings is 3. The summed E-state index contributed by atoms with van der Waals surface area (Å²) in [7, 11) is -4.46. The lowest BCUT2D eigenvalue weighted by Crippen LogP contribution is -2.36. The number of rotatable bonds is 10. The molecule has 1 heterocycles. The predicted octanol–water partition coefficient (Wildman–Crippen LogP) is 6.42. The average molecular weight is 718 g/mol. The van der Waals surface area contributed by atoms with Crippen LogP contribution in [-0.2, 0) is 38.7 Å². The fraction of sp³-hybridized carbons (Fsp3) is 0.353. The van der Waals surface area contributed by atoms with Gasteiger partial charge < -0.3 is 10.1 Å². The molecule has 0 aliphatic heterocycles. The summed E-state index contributed by atoms with van der Waals surface area (Å²) in [4.78, 5) is 37.9. The first kappa shape index (κ1) is 36.3. The number of nitrogens with zero attached hydrogens (tertiary/aromatic N) is 3. The number of aryl methyl sites for hydroxylation is 1. The summed E-state index contributed by atoms with van der Waals surface area (Å²) in [5, 5.41) is 6.79. The summed E-state index contributed by atoms with van der Waals surface area (Å²) in [5.41, 5.74) is -3.44. The zero-order chi connectivity index (χ0) is 36.6. The third-order valence-corrected chi connectivity index (χ3v) is 9.02. The molecule has 3 aromatic carbocycles. The molecule has 266 valence electrons. The number of aromatic nitrogens is 3. The van der Waals surface area contributed by atoms with E-state index < -0.39 is 57.2 Å². The van der Waals surface area contributed by atoms with Gasteiger partial charge in [0.2, 0.25) is 5.91 Å². The van der Waals surface area contributed by atoms with Gasteiger partial charge in [0, 0.05) is 29.2 Å². The summed E-state index contributed by atoms with van der Waals surface area (Å²) in [6.07, 6.45) is -4.06. The van der Waals surface area contributed by atoms with Crippen LogP contribution in [0.25, 0.3) is 16.8 Å². The smallest absolute Gasteiger partial charge is 0.421 e. The number of ether oxygens (including phenoxy) is 1. The Bertz CT molecular complexity index is 2120. The number of anilines is 1. The molecule has 0 atom stereocenters. The molecular weight excluding hydrogens is 682 g/mol. The van der Waals surface area contributed by atoms with Crippen LogP contribution in [0.1, 0.15) is 63.9 Å². The van der Waals surface area contributed by atoms with E-state index in [4.69, 9.17) is 4.74 Å². The third kappa shape index (κ3) is 8.23. The van der Waals surface area contributed by atoms with Crippen molar-refractivity contribution in [3.63, 3.8) is 0 Å². The van der Waals surface area contributed by atoms with Crippen LogP contribution in [0.4, 0.5) is 28.0 Å². The lowest BCUT2D eigenvalue weighted by atomic mass is 10.0. The summed E-state index contributed by atoms with van der Waals surface area (Å²) in [6, 6.07) is 12.3. The van der Waals surface area contributed by atoms with Crippen molar-refractivity contribution in [1.29, 1.82) is 0 Å². The number of sulfonamides is 1.